The van der Waals surface area contributed by atoms with Gasteiger partial charge in [0, 0.05) is 25.2 Å². The predicted molar refractivity (Wildman–Crippen MR) is 86.8 cm³/mol. The van der Waals surface area contributed by atoms with Crippen LogP contribution in [0.1, 0.15) is 39.0 Å². The Kier molecular flexibility index (Phi) is 4.93. The molecule has 5 nitrogen and oxygen atoms in total. The fourth-order valence-corrected chi connectivity index (χ4v) is 2.95. The molecule has 1 amide bonds. The molecule has 0 radical (unpaired) electrons. The molecule has 120 valence electrons. The molecule has 5 heteroatoms. The number of nitrogens with one attached hydrogen (secondary N) is 2. The number of carbonyl (C=O) groups excluding carboxylic acids is 1. The van der Waals surface area contributed by atoms with E-state index < -0.39 is 0 Å². The third kappa shape index (κ3) is 4.44. The van der Waals surface area contributed by atoms with Gasteiger partial charge in [-0.25, -0.2) is 4.98 Å². The van der Waals surface area contributed by atoms with Gasteiger partial charge in [-0.15, -0.1) is 0 Å². The van der Waals surface area contributed by atoms with Crippen molar-refractivity contribution in [2.45, 2.75) is 45.1 Å². The fourth-order valence-electron chi connectivity index (χ4n) is 2.95. The van der Waals surface area contributed by atoms with Crippen LogP contribution in [-0.4, -0.2) is 30.1 Å². The Labute approximate surface area is 131 Å². The van der Waals surface area contributed by atoms with Gasteiger partial charge in [-0.1, -0.05) is 0 Å². The van der Waals surface area contributed by atoms with E-state index in [2.05, 4.69) is 22.5 Å². The van der Waals surface area contributed by atoms with E-state index in [9.17, 15) is 4.79 Å². The number of carbonyl (C=O) groups is 1. The summed E-state index contributed by atoms with van der Waals surface area (Å²) in [6, 6.07) is 4.26. The van der Waals surface area contributed by atoms with E-state index in [1.807, 2.05) is 12.1 Å². The highest BCUT2D eigenvalue weighted by molar-refractivity contribution is 5.93. The number of amides is 1. The van der Waals surface area contributed by atoms with Crippen molar-refractivity contribution in [1.82, 2.24) is 4.98 Å². The molecule has 1 saturated heterocycles. The minimum Gasteiger partial charge on any atom is -0.381 e. The maximum atomic E-state index is 11.7. The van der Waals surface area contributed by atoms with Crippen LogP contribution in [0.25, 0.3) is 0 Å². The van der Waals surface area contributed by atoms with Crippen LogP contribution in [0, 0.1) is 11.8 Å². The van der Waals surface area contributed by atoms with Gasteiger partial charge < -0.3 is 15.4 Å². The minimum atomic E-state index is 0.0982. The summed E-state index contributed by atoms with van der Waals surface area (Å²) < 4.78 is 5.40. The second-order valence-corrected chi connectivity index (χ2v) is 6.53. The first kappa shape index (κ1) is 15.3. The van der Waals surface area contributed by atoms with Crippen molar-refractivity contribution in [1.29, 1.82) is 0 Å². The van der Waals surface area contributed by atoms with Crippen LogP contribution < -0.4 is 10.6 Å². The maximum absolute atomic E-state index is 11.7. The molecule has 0 unspecified atom stereocenters. The van der Waals surface area contributed by atoms with E-state index in [1.165, 1.54) is 0 Å². The van der Waals surface area contributed by atoms with E-state index in [1.54, 1.807) is 6.20 Å². The lowest BCUT2D eigenvalue weighted by molar-refractivity contribution is -0.117. The molecule has 2 aliphatic rings. The molecule has 3 rings (SSSR count). The number of rotatable bonds is 6. The molecule has 0 aromatic carbocycles. The summed E-state index contributed by atoms with van der Waals surface area (Å²) in [6.07, 6.45) is 7.30. The number of hydrogen-bond donors (Lipinski definition) is 2. The first-order valence-corrected chi connectivity index (χ1v) is 8.32. The summed E-state index contributed by atoms with van der Waals surface area (Å²) in [5.74, 6) is 1.70. The van der Waals surface area contributed by atoms with Crippen molar-refractivity contribution in [3.63, 3.8) is 0 Å². The highest BCUT2D eigenvalue weighted by Gasteiger charge is 2.29. The average Bonchev–Trinajstić information content (AvgIpc) is 3.35. The molecule has 2 N–H and O–H groups in total. The van der Waals surface area contributed by atoms with Gasteiger partial charge in [0.25, 0.3) is 0 Å². The number of ether oxygens (including phenoxy) is 1. The van der Waals surface area contributed by atoms with Gasteiger partial charge in [-0.05, 0) is 57.1 Å². The molecule has 0 spiro atoms. The summed E-state index contributed by atoms with van der Waals surface area (Å²) in [5.41, 5.74) is 1.00. The van der Waals surface area contributed by atoms with E-state index in [4.69, 9.17) is 4.74 Å². The first-order chi connectivity index (χ1) is 10.7. The third-order valence-corrected chi connectivity index (χ3v) is 4.40. The summed E-state index contributed by atoms with van der Waals surface area (Å²) in [4.78, 5) is 16.0. The predicted octanol–water partition coefficient (Wildman–Crippen LogP) is 3.05. The van der Waals surface area contributed by atoms with E-state index in [0.717, 1.165) is 56.9 Å². The topological polar surface area (TPSA) is 63.2 Å². The number of anilines is 2. The lowest BCUT2D eigenvalue weighted by atomic mass is 9.93. The van der Waals surface area contributed by atoms with Crippen LogP contribution in [0.15, 0.2) is 18.3 Å². The zero-order valence-electron chi connectivity index (χ0n) is 13.2. The summed E-state index contributed by atoms with van der Waals surface area (Å²) in [5, 5.41) is 6.35. The zero-order valence-corrected chi connectivity index (χ0v) is 13.2. The van der Waals surface area contributed by atoms with Crippen molar-refractivity contribution in [2.75, 3.05) is 23.8 Å². The lowest BCUT2D eigenvalue weighted by Crippen LogP contribution is -2.24. The average molecular weight is 303 g/mol. The highest BCUT2D eigenvalue weighted by Crippen LogP contribution is 2.30. The molecule has 0 bridgehead atoms. The van der Waals surface area contributed by atoms with Crippen molar-refractivity contribution in [2.24, 2.45) is 11.8 Å². The van der Waals surface area contributed by atoms with Gasteiger partial charge in [-0.2, -0.15) is 0 Å². The normalized spacial score (nSPS) is 20.4. The second-order valence-electron chi connectivity index (χ2n) is 6.53. The summed E-state index contributed by atoms with van der Waals surface area (Å²) in [7, 11) is 0. The van der Waals surface area contributed by atoms with Crippen LogP contribution in [-0.2, 0) is 9.53 Å². The Hall–Kier alpha value is -1.62. The first-order valence-electron chi connectivity index (χ1n) is 8.32. The standard InChI is InChI=1S/C17H25N3O2/c1-12(10-13-6-8-22-9-7-13)19-15-4-5-16(18-11-15)20-17(21)14-2-3-14/h4-5,11-14,19H,2-3,6-10H2,1H3,(H,18,20,21)/t12-/m1/s1. The van der Waals surface area contributed by atoms with Crippen molar-refractivity contribution in [3.8, 4) is 0 Å². The molecular formula is C17H25N3O2. The number of pyridine rings is 1. The van der Waals surface area contributed by atoms with Crippen LogP contribution in [0.3, 0.4) is 0 Å². The van der Waals surface area contributed by atoms with Crippen LogP contribution >= 0.6 is 0 Å². The third-order valence-electron chi connectivity index (χ3n) is 4.40. The van der Waals surface area contributed by atoms with E-state index in [0.29, 0.717) is 11.9 Å². The lowest BCUT2D eigenvalue weighted by Gasteiger charge is -2.25. The Balaban J connectivity index is 1.46. The largest absolute Gasteiger partial charge is 0.381 e. The molecule has 1 atom stereocenters. The van der Waals surface area contributed by atoms with Gasteiger partial charge in [0.15, 0.2) is 0 Å². The molecule has 1 aliphatic heterocycles. The molecule has 22 heavy (non-hydrogen) atoms. The van der Waals surface area contributed by atoms with E-state index in [-0.39, 0.29) is 11.8 Å². The smallest absolute Gasteiger partial charge is 0.228 e. The quantitative estimate of drug-likeness (QED) is 0.848. The number of hydrogen-bond acceptors (Lipinski definition) is 4. The summed E-state index contributed by atoms with van der Waals surface area (Å²) >= 11 is 0. The number of nitrogens with zero attached hydrogens (tertiary/aromatic N) is 1. The summed E-state index contributed by atoms with van der Waals surface area (Å²) in [6.45, 7) is 4.00. The van der Waals surface area contributed by atoms with E-state index >= 15 is 0 Å². The Bertz CT molecular complexity index is 493. The van der Waals surface area contributed by atoms with Crippen LogP contribution in [0.2, 0.25) is 0 Å². The molecular weight excluding hydrogens is 278 g/mol. The molecule has 1 aromatic rings. The van der Waals surface area contributed by atoms with Gasteiger partial charge in [0.2, 0.25) is 5.91 Å². The number of aromatic nitrogens is 1. The molecule has 2 heterocycles. The zero-order chi connectivity index (χ0) is 15.4. The van der Waals surface area contributed by atoms with Crippen molar-refractivity contribution >= 4 is 17.4 Å². The van der Waals surface area contributed by atoms with Gasteiger partial charge in [0.1, 0.15) is 5.82 Å². The Morgan fingerprint density at radius 1 is 1.32 bits per heavy atom. The van der Waals surface area contributed by atoms with Crippen molar-refractivity contribution in [3.05, 3.63) is 18.3 Å². The highest BCUT2D eigenvalue weighted by atomic mass is 16.5. The Morgan fingerprint density at radius 3 is 2.73 bits per heavy atom. The van der Waals surface area contributed by atoms with Crippen molar-refractivity contribution < 1.29 is 9.53 Å². The molecule has 1 aromatic heterocycles. The maximum Gasteiger partial charge on any atom is 0.228 e. The van der Waals surface area contributed by atoms with Gasteiger partial charge >= 0.3 is 0 Å². The Morgan fingerprint density at radius 2 is 2.09 bits per heavy atom. The molecule has 1 saturated carbocycles. The fraction of sp³-hybridized carbons (Fsp3) is 0.647. The van der Waals surface area contributed by atoms with Crippen LogP contribution in [0.4, 0.5) is 11.5 Å². The van der Waals surface area contributed by atoms with Gasteiger partial charge in [-0.3, -0.25) is 4.79 Å². The van der Waals surface area contributed by atoms with Crippen LogP contribution in [0.5, 0.6) is 0 Å². The minimum absolute atomic E-state index is 0.0982. The SMILES string of the molecule is C[C@H](CC1CCOCC1)Nc1ccc(NC(=O)C2CC2)nc1. The van der Waals surface area contributed by atoms with Gasteiger partial charge in [0.05, 0.1) is 11.9 Å². The second kappa shape index (κ2) is 7.09. The molecule has 1 aliphatic carbocycles. The molecule has 2 fully saturated rings. The monoisotopic (exact) mass is 303 g/mol.